The van der Waals surface area contributed by atoms with Gasteiger partial charge in [0.1, 0.15) is 0 Å². The summed E-state index contributed by atoms with van der Waals surface area (Å²) in [5.41, 5.74) is 5.45. The van der Waals surface area contributed by atoms with Gasteiger partial charge in [-0.3, -0.25) is 0 Å². The average molecular weight is 295 g/mol. The van der Waals surface area contributed by atoms with Gasteiger partial charge in [0.05, 0.1) is 5.56 Å². The number of aromatic carboxylic acids is 1. The molecular formula is C19H21NO2. The van der Waals surface area contributed by atoms with Gasteiger partial charge in [0.2, 0.25) is 0 Å². The predicted molar refractivity (Wildman–Crippen MR) is 87.0 cm³/mol. The number of aryl methyl sites for hydroxylation is 1. The number of carbonyl (C=O) groups is 1. The summed E-state index contributed by atoms with van der Waals surface area (Å²) >= 11 is 0. The van der Waals surface area contributed by atoms with Gasteiger partial charge in [-0.2, -0.15) is 0 Å². The molecule has 114 valence electrons. The van der Waals surface area contributed by atoms with Gasteiger partial charge in [-0.05, 0) is 48.1 Å². The van der Waals surface area contributed by atoms with Gasteiger partial charge in [0.25, 0.3) is 0 Å². The van der Waals surface area contributed by atoms with E-state index in [-0.39, 0.29) is 0 Å². The number of hydrogen-bond acceptors (Lipinski definition) is 2. The molecule has 2 aromatic rings. The molecule has 2 unspecified atom stereocenters. The lowest BCUT2D eigenvalue weighted by Crippen LogP contribution is -2.23. The molecule has 0 spiro atoms. The summed E-state index contributed by atoms with van der Waals surface area (Å²) in [6, 6.07) is 14.1. The van der Waals surface area contributed by atoms with Gasteiger partial charge in [0, 0.05) is 12.6 Å². The quantitative estimate of drug-likeness (QED) is 0.904. The Labute approximate surface area is 131 Å². The highest BCUT2D eigenvalue weighted by atomic mass is 16.4. The number of rotatable bonds is 4. The molecule has 0 saturated heterocycles. The smallest absolute Gasteiger partial charge is 0.335 e. The van der Waals surface area contributed by atoms with Gasteiger partial charge in [-0.25, -0.2) is 4.79 Å². The van der Waals surface area contributed by atoms with Crippen LogP contribution in [0.15, 0.2) is 42.5 Å². The SMILES string of the molecule is Cc1ccc2c(c1)C(NCc1cccc(C(=O)O)c1)C(C)C2. The lowest BCUT2D eigenvalue weighted by Gasteiger charge is -2.19. The van der Waals surface area contributed by atoms with Crippen molar-refractivity contribution in [2.75, 3.05) is 0 Å². The molecule has 2 aromatic carbocycles. The maximum atomic E-state index is 11.0. The number of hydrogen-bond donors (Lipinski definition) is 2. The normalized spacial score (nSPS) is 19.9. The summed E-state index contributed by atoms with van der Waals surface area (Å²) in [5.74, 6) is -0.323. The zero-order chi connectivity index (χ0) is 15.7. The molecule has 3 heteroatoms. The Hall–Kier alpha value is -2.13. The minimum atomic E-state index is -0.878. The van der Waals surface area contributed by atoms with E-state index in [2.05, 4.69) is 37.4 Å². The van der Waals surface area contributed by atoms with Crippen LogP contribution in [-0.4, -0.2) is 11.1 Å². The third kappa shape index (κ3) is 2.90. The fourth-order valence-electron chi connectivity index (χ4n) is 3.31. The van der Waals surface area contributed by atoms with Gasteiger partial charge in [0.15, 0.2) is 0 Å². The van der Waals surface area contributed by atoms with E-state index in [9.17, 15) is 4.79 Å². The molecule has 1 aliphatic carbocycles. The summed E-state index contributed by atoms with van der Waals surface area (Å²) in [7, 11) is 0. The third-order valence-electron chi connectivity index (χ3n) is 4.45. The molecule has 1 aliphatic rings. The van der Waals surface area contributed by atoms with E-state index < -0.39 is 5.97 Å². The lowest BCUT2D eigenvalue weighted by molar-refractivity contribution is 0.0696. The second-order valence-electron chi connectivity index (χ2n) is 6.25. The minimum Gasteiger partial charge on any atom is -0.478 e. The predicted octanol–water partition coefficient (Wildman–Crippen LogP) is 3.72. The summed E-state index contributed by atoms with van der Waals surface area (Å²) < 4.78 is 0. The topological polar surface area (TPSA) is 49.3 Å². The molecule has 2 atom stereocenters. The molecule has 0 aromatic heterocycles. The van der Waals surface area contributed by atoms with Crippen LogP contribution in [0, 0.1) is 12.8 Å². The van der Waals surface area contributed by atoms with E-state index in [0.29, 0.717) is 24.1 Å². The molecule has 0 fully saturated rings. The van der Waals surface area contributed by atoms with Crippen molar-refractivity contribution in [1.82, 2.24) is 5.32 Å². The maximum absolute atomic E-state index is 11.0. The fraction of sp³-hybridized carbons (Fsp3) is 0.316. The standard InChI is InChI=1S/C19H21NO2/c1-12-6-7-15-9-13(2)18(17(15)8-12)20-11-14-4-3-5-16(10-14)19(21)22/h3-8,10,13,18,20H,9,11H2,1-2H3,(H,21,22). The van der Waals surface area contributed by atoms with Crippen molar-refractivity contribution < 1.29 is 9.90 Å². The van der Waals surface area contributed by atoms with Crippen LogP contribution in [0.2, 0.25) is 0 Å². The molecule has 0 heterocycles. The molecule has 0 radical (unpaired) electrons. The summed E-state index contributed by atoms with van der Waals surface area (Å²) in [4.78, 5) is 11.0. The van der Waals surface area contributed by atoms with Gasteiger partial charge >= 0.3 is 5.97 Å². The fourth-order valence-corrected chi connectivity index (χ4v) is 3.31. The number of carboxylic acids is 1. The third-order valence-corrected chi connectivity index (χ3v) is 4.45. The number of fused-ring (bicyclic) bond motifs is 1. The van der Waals surface area contributed by atoms with Crippen molar-refractivity contribution >= 4 is 5.97 Å². The van der Waals surface area contributed by atoms with Crippen molar-refractivity contribution in [2.24, 2.45) is 5.92 Å². The maximum Gasteiger partial charge on any atom is 0.335 e. The van der Waals surface area contributed by atoms with E-state index in [4.69, 9.17) is 5.11 Å². The second-order valence-corrected chi connectivity index (χ2v) is 6.25. The van der Waals surface area contributed by atoms with E-state index in [0.717, 1.165) is 12.0 Å². The molecule has 22 heavy (non-hydrogen) atoms. The highest BCUT2D eigenvalue weighted by Crippen LogP contribution is 2.36. The molecule has 3 rings (SSSR count). The van der Waals surface area contributed by atoms with Crippen LogP contribution in [0.3, 0.4) is 0 Å². The Kier molecular flexibility index (Phi) is 3.99. The highest BCUT2D eigenvalue weighted by Gasteiger charge is 2.28. The van der Waals surface area contributed by atoms with E-state index in [1.807, 2.05) is 6.07 Å². The van der Waals surface area contributed by atoms with Crippen LogP contribution in [-0.2, 0) is 13.0 Å². The molecular weight excluding hydrogens is 274 g/mol. The van der Waals surface area contributed by atoms with Crippen LogP contribution >= 0.6 is 0 Å². The van der Waals surface area contributed by atoms with Gasteiger partial charge in [-0.1, -0.05) is 42.8 Å². The largest absolute Gasteiger partial charge is 0.478 e. The van der Waals surface area contributed by atoms with Crippen LogP contribution < -0.4 is 5.32 Å². The average Bonchev–Trinajstić information content (AvgIpc) is 2.80. The molecule has 2 N–H and O–H groups in total. The molecule has 0 saturated carbocycles. The van der Waals surface area contributed by atoms with Crippen molar-refractivity contribution in [3.8, 4) is 0 Å². The first-order chi connectivity index (χ1) is 10.5. The van der Waals surface area contributed by atoms with E-state index >= 15 is 0 Å². The van der Waals surface area contributed by atoms with Gasteiger partial charge < -0.3 is 10.4 Å². The number of nitrogens with one attached hydrogen (secondary N) is 1. The van der Waals surface area contributed by atoms with Crippen LogP contribution in [0.1, 0.15) is 45.6 Å². The van der Waals surface area contributed by atoms with Crippen molar-refractivity contribution in [2.45, 2.75) is 32.9 Å². The van der Waals surface area contributed by atoms with E-state index in [1.165, 1.54) is 16.7 Å². The highest BCUT2D eigenvalue weighted by molar-refractivity contribution is 5.87. The van der Waals surface area contributed by atoms with Gasteiger partial charge in [-0.15, -0.1) is 0 Å². The Morgan fingerprint density at radius 1 is 1.27 bits per heavy atom. The second kappa shape index (κ2) is 5.93. The zero-order valence-corrected chi connectivity index (χ0v) is 13.0. The van der Waals surface area contributed by atoms with E-state index in [1.54, 1.807) is 18.2 Å². The van der Waals surface area contributed by atoms with Crippen LogP contribution in [0.5, 0.6) is 0 Å². The molecule has 0 bridgehead atoms. The Balaban J connectivity index is 1.76. The zero-order valence-electron chi connectivity index (χ0n) is 13.0. The number of benzene rings is 2. The number of carboxylic acid groups (broad SMARTS) is 1. The lowest BCUT2D eigenvalue weighted by atomic mass is 10.0. The van der Waals surface area contributed by atoms with Crippen LogP contribution in [0.25, 0.3) is 0 Å². The first kappa shape index (κ1) is 14.8. The molecule has 0 amide bonds. The summed E-state index contributed by atoms with van der Waals surface area (Å²) in [6.07, 6.45) is 1.10. The van der Waals surface area contributed by atoms with Crippen LogP contribution in [0.4, 0.5) is 0 Å². The summed E-state index contributed by atoms with van der Waals surface area (Å²) in [5, 5.41) is 12.7. The van der Waals surface area contributed by atoms with Crippen molar-refractivity contribution in [1.29, 1.82) is 0 Å². The van der Waals surface area contributed by atoms with Crippen molar-refractivity contribution in [3.63, 3.8) is 0 Å². The minimum absolute atomic E-state index is 0.336. The first-order valence-electron chi connectivity index (χ1n) is 7.69. The Morgan fingerprint density at radius 2 is 2.09 bits per heavy atom. The summed E-state index contributed by atoms with van der Waals surface area (Å²) in [6.45, 7) is 5.07. The Bertz CT molecular complexity index is 708. The molecule has 0 aliphatic heterocycles. The first-order valence-corrected chi connectivity index (χ1v) is 7.69. The molecule has 3 nitrogen and oxygen atoms in total. The van der Waals surface area contributed by atoms with Crippen molar-refractivity contribution in [3.05, 3.63) is 70.3 Å². The Morgan fingerprint density at radius 3 is 2.86 bits per heavy atom. The monoisotopic (exact) mass is 295 g/mol.